The van der Waals surface area contributed by atoms with Crippen molar-refractivity contribution < 1.29 is 14.6 Å². The number of hydrogen-bond donors (Lipinski definition) is 2. The summed E-state index contributed by atoms with van der Waals surface area (Å²) in [4.78, 5) is 0. The minimum atomic E-state index is 0.161. The monoisotopic (exact) mass is 239 g/mol. The van der Waals surface area contributed by atoms with Crippen molar-refractivity contribution in [1.82, 2.24) is 5.32 Å². The van der Waals surface area contributed by atoms with Gasteiger partial charge in [-0.15, -0.1) is 0 Å². The van der Waals surface area contributed by atoms with E-state index in [4.69, 9.17) is 14.6 Å². The van der Waals surface area contributed by atoms with E-state index >= 15 is 0 Å². The van der Waals surface area contributed by atoms with E-state index in [1.165, 1.54) is 0 Å². The maximum Gasteiger partial charge on any atom is 0.122 e. The third kappa shape index (κ3) is 3.91. The first kappa shape index (κ1) is 13.8. The van der Waals surface area contributed by atoms with Crippen molar-refractivity contribution in [3.8, 4) is 11.5 Å². The van der Waals surface area contributed by atoms with Crippen molar-refractivity contribution in [1.29, 1.82) is 0 Å². The Morgan fingerprint density at radius 2 is 1.82 bits per heavy atom. The number of aliphatic hydroxyl groups is 1. The first-order valence-corrected chi connectivity index (χ1v) is 5.76. The molecule has 0 aliphatic heterocycles. The lowest BCUT2D eigenvalue weighted by molar-refractivity contribution is 0.292. The topological polar surface area (TPSA) is 50.7 Å². The summed E-state index contributed by atoms with van der Waals surface area (Å²) >= 11 is 0. The lowest BCUT2D eigenvalue weighted by atomic mass is 10.1. The Hall–Kier alpha value is -1.26. The zero-order chi connectivity index (χ0) is 12.7. The molecule has 1 aromatic carbocycles. The maximum absolute atomic E-state index is 8.68. The molecular weight excluding hydrogens is 218 g/mol. The van der Waals surface area contributed by atoms with Gasteiger partial charge < -0.3 is 19.9 Å². The van der Waals surface area contributed by atoms with Gasteiger partial charge >= 0.3 is 0 Å². The summed E-state index contributed by atoms with van der Waals surface area (Å²) in [7, 11) is 3.34. The molecule has 1 aromatic rings. The van der Waals surface area contributed by atoms with E-state index in [2.05, 4.69) is 5.32 Å². The van der Waals surface area contributed by atoms with E-state index in [0.717, 1.165) is 35.6 Å². The second kappa shape index (κ2) is 7.14. The van der Waals surface area contributed by atoms with E-state index in [1.807, 2.05) is 19.1 Å². The Labute approximate surface area is 103 Å². The van der Waals surface area contributed by atoms with E-state index in [1.54, 1.807) is 14.2 Å². The molecule has 0 radical (unpaired) electrons. The minimum absolute atomic E-state index is 0.161. The fourth-order valence-corrected chi connectivity index (χ4v) is 1.74. The van der Waals surface area contributed by atoms with Crippen molar-refractivity contribution in [3.05, 3.63) is 23.3 Å². The summed E-state index contributed by atoms with van der Waals surface area (Å²) < 4.78 is 10.6. The molecule has 0 fully saturated rings. The lowest BCUT2D eigenvalue weighted by Crippen LogP contribution is -2.21. The Morgan fingerprint density at radius 1 is 1.12 bits per heavy atom. The average Bonchev–Trinajstić information content (AvgIpc) is 2.35. The van der Waals surface area contributed by atoms with Gasteiger partial charge in [0.25, 0.3) is 0 Å². The molecule has 2 N–H and O–H groups in total. The van der Waals surface area contributed by atoms with Gasteiger partial charge in [0.2, 0.25) is 0 Å². The highest BCUT2D eigenvalue weighted by molar-refractivity contribution is 5.46. The van der Waals surface area contributed by atoms with Gasteiger partial charge in [-0.1, -0.05) is 0 Å². The molecule has 4 heteroatoms. The molecule has 0 saturated carbocycles. The molecule has 0 unspecified atom stereocenters. The molecule has 0 heterocycles. The number of hydrogen-bond acceptors (Lipinski definition) is 4. The molecule has 0 aromatic heterocycles. The first-order chi connectivity index (χ1) is 8.22. The Morgan fingerprint density at radius 3 is 2.41 bits per heavy atom. The number of rotatable bonds is 7. The van der Waals surface area contributed by atoms with Crippen molar-refractivity contribution in [3.63, 3.8) is 0 Å². The molecule has 1 rings (SSSR count). The molecule has 0 spiro atoms. The van der Waals surface area contributed by atoms with Gasteiger partial charge in [-0.2, -0.15) is 0 Å². The molecule has 17 heavy (non-hydrogen) atoms. The number of aliphatic hydroxyl groups excluding tert-OH is 1. The van der Waals surface area contributed by atoms with Crippen LogP contribution in [-0.4, -0.2) is 39.0 Å². The standard InChI is InChI=1S/C13H21NO3/c1-10-8-13(17-3)11(9-12(10)16-2)4-5-14-6-7-15/h8-9,14-15H,4-7H2,1-3H3. The molecular formula is C13H21NO3. The summed E-state index contributed by atoms with van der Waals surface area (Å²) in [5.74, 6) is 1.76. The molecule has 96 valence electrons. The summed E-state index contributed by atoms with van der Waals surface area (Å²) in [5, 5.41) is 11.8. The van der Waals surface area contributed by atoms with Crippen LogP contribution in [0.3, 0.4) is 0 Å². The Kier molecular flexibility index (Phi) is 5.80. The van der Waals surface area contributed by atoms with Crippen LogP contribution in [0.15, 0.2) is 12.1 Å². The highest BCUT2D eigenvalue weighted by atomic mass is 16.5. The van der Waals surface area contributed by atoms with Crippen LogP contribution in [0.2, 0.25) is 0 Å². The second-order valence-corrected chi connectivity index (χ2v) is 3.86. The molecule has 0 amide bonds. The van der Waals surface area contributed by atoms with Gasteiger partial charge in [-0.25, -0.2) is 0 Å². The van der Waals surface area contributed by atoms with Gasteiger partial charge in [0.1, 0.15) is 11.5 Å². The largest absolute Gasteiger partial charge is 0.496 e. The predicted molar refractivity (Wildman–Crippen MR) is 67.9 cm³/mol. The lowest BCUT2D eigenvalue weighted by Gasteiger charge is -2.13. The van der Waals surface area contributed by atoms with Gasteiger partial charge in [0, 0.05) is 6.54 Å². The highest BCUT2D eigenvalue weighted by Crippen LogP contribution is 2.28. The predicted octanol–water partition coefficient (Wildman–Crippen LogP) is 1.14. The molecule has 0 aliphatic carbocycles. The van der Waals surface area contributed by atoms with Crippen LogP contribution in [0.5, 0.6) is 11.5 Å². The van der Waals surface area contributed by atoms with Crippen LogP contribution >= 0.6 is 0 Å². The number of benzene rings is 1. The van der Waals surface area contributed by atoms with Crippen LogP contribution in [0, 0.1) is 6.92 Å². The summed E-state index contributed by atoms with van der Waals surface area (Å²) in [6.07, 6.45) is 0.847. The first-order valence-electron chi connectivity index (χ1n) is 5.76. The second-order valence-electron chi connectivity index (χ2n) is 3.86. The minimum Gasteiger partial charge on any atom is -0.496 e. The zero-order valence-electron chi connectivity index (χ0n) is 10.7. The third-order valence-electron chi connectivity index (χ3n) is 2.66. The van der Waals surface area contributed by atoms with Gasteiger partial charge in [-0.3, -0.25) is 0 Å². The Balaban J connectivity index is 2.74. The average molecular weight is 239 g/mol. The van der Waals surface area contributed by atoms with Gasteiger partial charge in [-0.05, 0) is 43.1 Å². The van der Waals surface area contributed by atoms with Crippen molar-refractivity contribution in [2.45, 2.75) is 13.3 Å². The van der Waals surface area contributed by atoms with Crippen LogP contribution in [0.4, 0.5) is 0 Å². The Bertz CT molecular complexity index is 353. The maximum atomic E-state index is 8.68. The van der Waals surface area contributed by atoms with E-state index in [-0.39, 0.29) is 6.61 Å². The normalized spacial score (nSPS) is 10.4. The number of nitrogens with one attached hydrogen (secondary N) is 1. The molecule has 4 nitrogen and oxygen atoms in total. The fourth-order valence-electron chi connectivity index (χ4n) is 1.74. The summed E-state index contributed by atoms with van der Waals surface area (Å²) in [5.41, 5.74) is 2.18. The quantitative estimate of drug-likeness (QED) is 0.701. The van der Waals surface area contributed by atoms with Gasteiger partial charge in [0.05, 0.1) is 20.8 Å². The van der Waals surface area contributed by atoms with Crippen molar-refractivity contribution >= 4 is 0 Å². The molecule has 0 atom stereocenters. The van der Waals surface area contributed by atoms with Crippen LogP contribution < -0.4 is 14.8 Å². The van der Waals surface area contributed by atoms with Crippen molar-refractivity contribution in [2.75, 3.05) is 33.9 Å². The van der Waals surface area contributed by atoms with Crippen molar-refractivity contribution in [2.24, 2.45) is 0 Å². The fraction of sp³-hybridized carbons (Fsp3) is 0.538. The summed E-state index contributed by atoms with van der Waals surface area (Å²) in [6.45, 7) is 3.58. The zero-order valence-corrected chi connectivity index (χ0v) is 10.7. The molecule has 0 bridgehead atoms. The number of methoxy groups -OCH3 is 2. The van der Waals surface area contributed by atoms with E-state index in [0.29, 0.717) is 6.54 Å². The highest BCUT2D eigenvalue weighted by Gasteiger charge is 2.08. The van der Waals surface area contributed by atoms with Crippen LogP contribution in [0.25, 0.3) is 0 Å². The van der Waals surface area contributed by atoms with Gasteiger partial charge in [0.15, 0.2) is 0 Å². The SMILES string of the molecule is COc1cc(CCNCCO)c(OC)cc1C. The van der Waals surface area contributed by atoms with E-state index < -0.39 is 0 Å². The molecule has 0 saturated heterocycles. The van der Waals surface area contributed by atoms with Crippen LogP contribution in [0.1, 0.15) is 11.1 Å². The smallest absolute Gasteiger partial charge is 0.122 e. The number of ether oxygens (including phenoxy) is 2. The third-order valence-corrected chi connectivity index (χ3v) is 2.66. The summed E-state index contributed by atoms with van der Waals surface area (Å²) in [6, 6.07) is 4.00. The number of aryl methyl sites for hydroxylation is 1. The molecule has 0 aliphatic rings. The van der Waals surface area contributed by atoms with E-state index in [9.17, 15) is 0 Å². The van der Waals surface area contributed by atoms with Crippen LogP contribution in [-0.2, 0) is 6.42 Å².